The van der Waals surface area contributed by atoms with E-state index in [1.165, 1.54) is 18.0 Å². The number of hydrogen-bond donors (Lipinski definition) is 3. The first kappa shape index (κ1) is 38.2. The normalized spacial score (nSPS) is 18.3. The van der Waals surface area contributed by atoms with E-state index in [9.17, 15) is 19.2 Å². The summed E-state index contributed by atoms with van der Waals surface area (Å²) in [6.07, 6.45) is 8.03. The molecule has 8 rings (SSSR count). The van der Waals surface area contributed by atoms with Crippen LogP contribution < -0.4 is 36.0 Å². The molecule has 0 aliphatic carbocycles. The van der Waals surface area contributed by atoms with Gasteiger partial charge in [0.25, 0.3) is 11.5 Å². The number of carbonyl (C=O) groups excluding carboxylic acids is 3. The number of amides is 3. The molecule has 6 heterocycles. The topological polar surface area (TPSA) is 169 Å². The average molecular weight is 795 g/mol. The van der Waals surface area contributed by atoms with Crippen LogP contribution >= 0.6 is 11.6 Å². The molecule has 3 aliphatic heterocycles. The van der Waals surface area contributed by atoms with Gasteiger partial charge in [-0.2, -0.15) is 10.1 Å². The second kappa shape index (κ2) is 16.0. The molecule has 3 amide bonds. The van der Waals surface area contributed by atoms with Gasteiger partial charge in [0.15, 0.2) is 18.2 Å². The Morgan fingerprint density at radius 3 is 2.42 bits per heavy atom. The van der Waals surface area contributed by atoms with Crippen LogP contribution in [0, 0.1) is 11.8 Å². The molecule has 3 aliphatic rings. The Kier molecular flexibility index (Phi) is 10.7. The molecule has 3 saturated heterocycles. The molecule has 1 unspecified atom stereocenters. The van der Waals surface area contributed by atoms with E-state index in [0.29, 0.717) is 47.0 Å². The molecule has 0 saturated carbocycles. The number of rotatable bonds is 10. The molecule has 15 nitrogen and oxygen atoms in total. The SMILES string of the molecule is CNC(=O)COc1cc2cc(Nc3nc(N4CCC(CC5CCN(c6cccc7c(C8CCC(=O)NC8=O)nn(C)c67)CC5)CC4)ncc3Cl)ccc2n(C)c1=O. The van der Waals surface area contributed by atoms with Crippen LogP contribution in [0.15, 0.2) is 53.5 Å². The lowest BCUT2D eigenvalue weighted by Crippen LogP contribution is -2.39. The third kappa shape index (κ3) is 7.85. The van der Waals surface area contributed by atoms with E-state index in [2.05, 4.69) is 42.9 Å². The largest absolute Gasteiger partial charge is 0.478 e. The summed E-state index contributed by atoms with van der Waals surface area (Å²) in [5.41, 5.74) is 4.04. The number of piperidine rings is 3. The molecule has 3 N–H and O–H groups in total. The number of benzene rings is 2. The van der Waals surface area contributed by atoms with Gasteiger partial charge in [-0.15, -0.1) is 0 Å². The van der Waals surface area contributed by atoms with Gasteiger partial charge in [-0.3, -0.25) is 29.2 Å². The summed E-state index contributed by atoms with van der Waals surface area (Å²) >= 11 is 6.58. The van der Waals surface area contributed by atoms with Crippen LogP contribution in [-0.4, -0.2) is 81.9 Å². The lowest BCUT2D eigenvalue weighted by atomic mass is 9.82. The van der Waals surface area contributed by atoms with Crippen LogP contribution in [0.5, 0.6) is 5.75 Å². The monoisotopic (exact) mass is 794 g/mol. The molecule has 3 aromatic heterocycles. The standard InChI is InChI=1S/C41H47ClN10O5/c1-43-35(54)23-57-33-21-26-20-27(7-9-31(26)49(2)40(33)56)45-38-30(42)22-44-41(47-38)52-17-13-25(14-18-52)19-24-11-15-51(16-12-24)32-6-4-5-28-36(48-50(3)37(28)32)29-8-10-34(53)46-39(29)55/h4-7,9,20-22,24-25,29H,8,10-19,23H2,1-3H3,(H,43,54)(H,44,45,47)(H,46,53,55). The maximum absolute atomic E-state index is 12.8. The van der Waals surface area contributed by atoms with E-state index in [-0.39, 0.29) is 35.6 Å². The molecule has 57 heavy (non-hydrogen) atoms. The van der Waals surface area contributed by atoms with E-state index in [1.54, 1.807) is 19.3 Å². The minimum atomic E-state index is -0.418. The van der Waals surface area contributed by atoms with Gasteiger partial charge in [-0.05, 0) is 80.7 Å². The van der Waals surface area contributed by atoms with Gasteiger partial charge < -0.3 is 29.7 Å². The first-order valence-corrected chi connectivity index (χ1v) is 20.0. The van der Waals surface area contributed by atoms with Gasteiger partial charge in [-0.1, -0.05) is 23.7 Å². The quantitative estimate of drug-likeness (QED) is 0.167. The minimum Gasteiger partial charge on any atom is -0.478 e. The lowest BCUT2D eigenvalue weighted by molar-refractivity contribution is -0.134. The van der Waals surface area contributed by atoms with Crippen LogP contribution in [0.1, 0.15) is 56.6 Å². The van der Waals surface area contributed by atoms with Gasteiger partial charge in [0.05, 0.1) is 34.5 Å². The number of aryl methyl sites for hydroxylation is 2. The van der Waals surface area contributed by atoms with Crippen LogP contribution in [0.25, 0.3) is 21.8 Å². The van der Waals surface area contributed by atoms with Gasteiger partial charge in [0.1, 0.15) is 5.02 Å². The fourth-order valence-electron chi connectivity index (χ4n) is 8.64. The number of anilines is 4. The molecule has 3 fully saturated rings. The average Bonchev–Trinajstić information content (AvgIpc) is 3.55. The van der Waals surface area contributed by atoms with Crippen molar-refractivity contribution in [3.63, 3.8) is 0 Å². The summed E-state index contributed by atoms with van der Waals surface area (Å²) in [5, 5.41) is 15.2. The van der Waals surface area contributed by atoms with Crippen molar-refractivity contribution in [2.75, 3.05) is 55.0 Å². The van der Waals surface area contributed by atoms with E-state index < -0.39 is 5.92 Å². The Morgan fingerprint density at radius 1 is 0.965 bits per heavy atom. The number of nitrogens with one attached hydrogen (secondary N) is 3. The Bertz CT molecular complexity index is 2410. The summed E-state index contributed by atoms with van der Waals surface area (Å²) in [6, 6.07) is 13.5. The van der Waals surface area contributed by atoms with Gasteiger partial charge in [0.2, 0.25) is 17.8 Å². The Morgan fingerprint density at radius 2 is 1.70 bits per heavy atom. The van der Waals surface area contributed by atoms with Gasteiger partial charge in [0, 0.05) is 70.2 Å². The lowest BCUT2D eigenvalue weighted by Gasteiger charge is -2.37. The minimum absolute atomic E-state index is 0.0871. The third-order valence-corrected chi connectivity index (χ3v) is 12.1. The molecular weight excluding hydrogens is 748 g/mol. The fraction of sp³-hybridized carbons (Fsp3) is 0.439. The molecule has 5 aromatic rings. The smallest absolute Gasteiger partial charge is 0.293 e. The Hall–Kier alpha value is -5.70. The highest BCUT2D eigenvalue weighted by Crippen LogP contribution is 2.38. The highest BCUT2D eigenvalue weighted by molar-refractivity contribution is 6.33. The molecule has 2 aromatic carbocycles. The number of hydrogen-bond acceptors (Lipinski definition) is 11. The van der Waals surface area contributed by atoms with Crippen molar-refractivity contribution in [3.05, 3.63) is 69.7 Å². The number of nitrogens with zero attached hydrogens (tertiary/aromatic N) is 7. The molecule has 298 valence electrons. The number of imide groups is 1. The maximum atomic E-state index is 12.8. The number of ether oxygens (including phenoxy) is 1. The number of pyridine rings is 1. The summed E-state index contributed by atoms with van der Waals surface area (Å²) in [7, 11) is 5.12. The Labute approximate surface area is 334 Å². The highest BCUT2D eigenvalue weighted by atomic mass is 35.5. The maximum Gasteiger partial charge on any atom is 0.293 e. The molecule has 1 atom stereocenters. The van der Waals surface area contributed by atoms with Gasteiger partial charge in [-0.25, -0.2) is 4.98 Å². The van der Waals surface area contributed by atoms with Crippen LogP contribution in [0.2, 0.25) is 5.02 Å². The number of fused-ring (bicyclic) bond motifs is 2. The van der Waals surface area contributed by atoms with E-state index in [1.807, 2.05) is 36.0 Å². The van der Waals surface area contributed by atoms with Crippen molar-refractivity contribution in [1.82, 2.24) is 34.9 Å². The fourth-order valence-corrected chi connectivity index (χ4v) is 8.78. The van der Waals surface area contributed by atoms with E-state index >= 15 is 0 Å². The van der Waals surface area contributed by atoms with E-state index in [4.69, 9.17) is 26.4 Å². The first-order chi connectivity index (χ1) is 27.6. The predicted molar refractivity (Wildman–Crippen MR) is 219 cm³/mol. The first-order valence-electron chi connectivity index (χ1n) is 19.6. The van der Waals surface area contributed by atoms with Crippen LogP contribution in [0.3, 0.4) is 0 Å². The zero-order valence-electron chi connectivity index (χ0n) is 32.4. The van der Waals surface area contributed by atoms with Crippen molar-refractivity contribution >= 4 is 74.3 Å². The number of aromatic nitrogens is 5. The van der Waals surface area contributed by atoms with Crippen LogP contribution in [-0.2, 0) is 28.5 Å². The Balaban J connectivity index is 0.866. The zero-order valence-corrected chi connectivity index (χ0v) is 33.1. The van der Waals surface area contributed by atoms with Crippen molar-refractivity contribution in [2.45, 2.75) is 50.9 Å². The number of carbonyl (C=O) groups is 3. The molecule has 16 heteroatoms. The van der Waals surface area contributed by atoms with Crippen LogP contribution in [0.4, 0.5) is 23.1 Å². The molecule has 0 bridgehead atoms. The number of likely N-dealkylation sites (N-methyl/N-ethyl adjacent to an activating group) is 1. The zero-order chi connectivity index (χ0) is 39.8. The van der Waals surface area contributed by atoms with Crippen molar-refractivity contribution in [3.8, 4) is 5.75 Å². The summed E-state index contributed by atoms with van der Waals surface area (Å²) in [4.78, 5) is 63.1. The molecule has 0 spiro atoms. The number of halogens is 1. The van der Waals surface area contributed by atoms with Crippen molar-refractivity contribution in [2.24, 2.45) is 25.9 Å². The second-order valence-electron chi connectivity index (χ2n) is 15.4. The molecular formula is C41H47ClN10O5. The van der Waals surface area contributed by atoms with Crippen molar-refractivity contribution < 1.29 is 19.1 Å². The number of para-hydroxylation sites is 1. The van der Waals surface area contributed by atoms with Gasteiger partial charge >= 0.3 is 0 Å². The predicted octanol–water partition coefficient (Wildman–Crippen LogP) is 4.78. The second-order valence-corrected chi connectivity index (χ2v) is 15.8. The third-order valence-electron chi connectivity index (χ3n) is 11.8. The van der Waals surface area contributed by atoms with E-state index in [0.717, 1.165) is 85.2 Å². The summed E-state index contributed by atoms with van der Waals surface area (Å²) in [5.74, 6) is 1.28. The highest BCUT2D eigenvalue weighted by Gasteiger charge is 2.33. The molecule has 0 radical (unpaired) electrons. The summed E-state index contributed by atoms with van der Waals surface area (Å²) < 4.78 is 8.90. The summed E-state index contributed by atoms with van der Waals surface area (Å²) in [6.45, 7) is 3.42. The van der Waals surface area contributed by atoms with Crippen molar-refractivity contribution in [1.29, 1.82) is 0 Å².